The fraction of sp³-hybridized carbons (Fsp3) is 0.615. The molecular weight excluding hydrogens is 326 g/mol. The van der Waals surface area contributed by atoms with Crippen molar-refractivity contribution in [3.05, 3.63) is 17.0 Å². The van der Waals surface area contributed by atoms with Gasteiger partial charge in [-0.05, 0) is 50.9 Å². The van der Waals surface area contributed by atoms with E-state index in [1.807, 2.05) is 0 Å². The summed E-state index contributed by atoms with van der Waals surface area (Å²) in [4.78, 5) is 3.35. The summed E-state index contributed by atoms with van der Waals surface area (Å²) in [5.41, 5.74) is 5.53. The second-order valence-electron chi connectivity index (χ2n) is 5.66. The Bertz CT molecular complexity index is 641. The van der Waals surface area contributed by atoms with Crippen LogP contribution in [0.3, 0.4) is 0 Å². The highest BCUT2D eigenvalue weighted by Gasteiger charge is 2.33. The number of sulfonamides is 1. The predicted octanol–water partition coefficient (Wildman–Crippen LogP) is 1.29. The summed E-state index contributed by atoms with van der Waals surface area (Å²) in [5, 5.41) is 0. The van der Waals surface area contributed by atoms with Gasteiger partial charge in [0.25, 0.3) is 0 Å². The zero-order chi connectivity index (χ0) is 15.0. The molecule has 0 amide bonds. The van der Waals surface area contributed by atoms with Crippen LogP contribution in [0.1, 0.15) is 30.6 Å². The van der Waals surface area contributed by atoms with E-state index < -0.39 is 10.0 Å². The monoisotopic (exact) mass is 345 g/mol. The lowest BCUT2D eigenvalue weighted by Crippen LogP contribution is -2.47. The Labute approximate surface area is 134 Å². The molecule has 2 atom stereocenters. The molecule has 3 rings (SSSR count). The lowest BCUT2D eigenvalue weighted by molar-refractivity contribution is 0.176. The van der Waals surface area contributed by atoms with Crippen molar-refractivity contribution in [2.45, 2.75) is 42.0 Å². The number of thiocarbonyl (C=S) groups is 1. The molecule has 8 heteroatoms. The molecule has 2 fully saturated rings. The smallest absolute Gasteiger partial charge is 0.250 e. The van der Waals surface area contributed by atoms with Crippen molar-refractivity contribution in [3.8, 4) is 0 Å². The van der Waals surface area contributed by atoms with E-state index in [-0.39, 0.29) is 11.0 Å². The molecule has 1 aromatic rings. The topological polar surface area (TPSA) is 75.4 Å². The largest absolute Gasteiger partial charge is 0.389 e. The van der Waals surface area contributed by atoms with Crippen LogP contribution in [0.4, 0.5) is 0 Å². The number of hydrogen-bond acceptors (Lipinski definition) is 5. The maximum atomic E-state index is 12.4. The Hall–Kier alpha value is -0.540. The maximum Gasteiger partial charge on any atom is 0.250 e. The highest BCUT2D eigenvalue weighted by Crippen LogP contribution is 2.28. The lowest BCUT2D eigenvalue weighted by atomic mass is 9.99. The van der Waals surface area contributed by atoms with Crippen molar-refractivity contribution in [3.63, 3.8) is 0 Å². The zero-order valence-corrected chi connectivity index (χ0v) is 14.1. The highest BCUT2D eigenvalue weighted by molar-refractivity contribution is 7.91. The second-order valence-corrected chi connectivity index (χ2v) is 9.12. The number of fused-ring (bicyclic) bond motifs is 1. The summed E-state index contributed by atoms with van der Waals surface area (Å²) in [7, 11) is -3.47. The quantitative estimate of drug-likeness (QED) is 0.804. The highest BCUT2D eigenvalue weighted by atomic mass is 32.2. The molecule has 0 spiro atoms. The number of rotatable bonds is 4. The van der Waals surface area contributed by atoms with Gasteiger partial charge in [0.05, 0.1) is 4.88 Å². The molecule has 0 saturated carbocycles. The third-order valence-electron chi connectivity index (χ3n) is 4.23. The van der Waals surface area contributed by atoms with Gasteiger partial charge in [0.2, 0.25) is 10.0 Å². The van der Waals surface area contributed by atoms with Crippen molar-refractivity contribution in [1.82, 2.24) is 9.62 Å². The fourth-order valence-corrected chi connectivity index (χ4v) is 5.86. The first-order valence-corrected chi connectivity index (χ1v) is 9.82. The van der Waals surface area contributed by atoms with Crippen LogP contribution in [0.5, 0.6) is 0 Å². The molecule has 0 aromatic carbocycles. The summed E-state index contributed by atoms with van der Waals surface area (Å²) < 4.78 is 28.0. The molecule has 2 aliphatic rings. The average molecular weight is 346 g/mol. The van der Waals surface area contributed by atoms with Crippen LogP contribution in [0, 0.1) is 0 Å². The molecule has 116 valence electrons. The van der Waals surface area contributed by atoms with Gasteiger partial charge in [0.15, 0.2) is 0 Å². The van der Waals surface area contributed by atoms with Crippen molar-refractivity contribution < 1.29 is 8.42 Å². The molecule has 2 unspecified atom stereocenters. The van der Waals surface area contributed by atoms with Gasteiger partial charge in [-0.2, -0.15) is 0 Å². The summed E-state index contributed by atoms with van der Waals surface area (Å²) in [5.74, 6) is 0. The number of nitrogens with two attached hydrogens (primary N) is 1. The summed E-state index contributed by atoms with van der Waals surface area (Å²) in [6.45, 7) is 2.15. The van der Waals surface area contributed by atoms with E-state index in [2.05, 4.69) is 9.62 Å². The first-order chi connectivity index (χ1) is 9.95. The van der Waals surface area contributed by atoms with Gasteiger partial charge in [-0.1, -0.05) is 12.2 Å². The van der Waals surface area contributed by atoms with Crippen LogP contribution in [-0.2, 0) is 10.0 Å². The first-order valence-electron chi connectivity index (χ1n) is 7.12. The number of hydrogen-bond donors (Lipinski definition) is 2. The Balaban J connectivity index is 1.69. The molecule has 21 heavy (non-hydrogen) atoms. The van der Waals surface area contributed by atoms with Crippen LogP contribution < -0.4 is 10.5 Å². The molecule has 5 nitrogen and oxygen atoms in total. The second kappa shape index (κ2) is 5.92. The molecule has 2 saturated heterocycles. The Morgan fingerprint density at radius 2 is 2.19 bits per heavy atom. The van der Waals surface area contributed by atoms with E-state index in [1.54, 1.807) is 12.1 Å². The van der Waals surface area contributed by atoms with Gasteiger partial charge < -0.3 is 10.6 Å². The standard InChI is InChI=1S/C13H19N3O2S3/c14-13(19)11-3-4-12(20-11)21(17,18)15-9-5-7-16-6-1-2-10(16)8-9/h3-4,9-10,15H,1-2,5-8H2,(H2,14,19). The Kier molecular flexibility index (Phi) is 4.33. The van der Waals surface area contributed by atoms with E-state index in [4.69, 9.17) is 18.0 Å². The third kappa shape index (κ3) is 3.29. The first kappa shape index (κ1) is 15.4. The fourth-order valence-electron chi connectivity index (χ4n) is 3.21. The van der Waals surface area contributed by atoms with E-state index in [9.17, 15) is 8.42 Å². The molecule has 3 N–H and O–H groups in total. The summed E-state index contributed by atoms with van der Waals surface area (Å²) >= 11 is 6.01. The number of piperidine rings is 1. The Morgan fingerprint density at radius 3 is 2.90 bits per heavy atom. The SMILES string of the molecule is NC(=S)c1ccc(S(=O)(=O)NC2CCN3CCCC3C2)s1. The summed E-state index contributed by atoms with van der Waals surface area (Å²) in [6, 6.07) is 3.82. The molecule has 2 aliphatic heterocycles. The van der Waals surface area contributed by atoms with E-state index >= 15 is 0 Å². The van der Waals surface area contributed by atoms with E-state index in [0.717, 1.165) is 37.3 Å². The molecule has 0 bridgehead atoms. The van der Waals surface area contributed by atoms with Crippen molar-refractivity contribution in [2.24, 2.45) is 5.73 Å². The number of nitrogens with one attached hydrogen (secondary N) is 1. The Morgan fingerprint density at radius 1 is 1.38 bits per heavy atom. The molecule has 0 aliphatic carbocycles. The lowest BCUT2D eigenvalue weighted by Gasteiger charge is -2.34. The zero-order valence-electron chi connectivity index (χ0n) is 11.6. The number of thiophene rings is 1. The van der Waals surface area contributed by atoms with Gasteiger partial charge in [-0.15, -0.1) is 11.3 Å². The van der Waals surface area contributed by atoms with Crippen molar-refractivity contribution in [1.29, 1.82) is 0 Å². The molecule has 3 heterocycles. The van der Waals surface area contributed by atoms with Crippen LogP contribution in [0.2, 0.25) is 0 Å². The van der Waals surface area contributed by atoms with Crippen LogP contribution in [0.25, 0.3) is 0 Å². The normalized spacial score (nSPS) is 26.7. The van der Waals surface area contributed by atoms with E-state index in [1.165, 1.54) is 12.8 Å². The minimum atomic E-state index is -3.47. The van der Waals surface area contributed by atoms with Gasteiger partial charge in [-0.25, -0.2) is 13.1 Å². The number of nitrogens with zero attached hydrogens (tertiary/aromatic N) is 1. The van der Waals surface area contributed by atoms with Crippen molar-refractivity contribution >= 4 is 38.6 Å². The molecular formula is C13H19N3O2S3. The van der Waals surface area contributed by atoms with Crippen molar-refractivity contribution in [2.75, 3.05) is 13.1 Å². The van der Waals surface area contributed by atoms with Gasteiger partial charge in [0.1, 0.15) is 9.20 Å². The maximum absolute atomic E-state index is 12.4. The van der Waals surface area contributed by atoms with Gasteiger partial charge >= 0.3 is 0 Å². The third-order valence-corrected chi connectivity index (χ3v) is 7.71. The van der Waals surface area contributed by atoms with Gasteiger partial charge in [0, 0.05) is 12.1 Å². The minimum Gasteiger partial charge on any atom is -0.389 e. The average Bonchev–Trinajstić information content (AvgIpc) is 3.07. The van der Waals surface area contributed by atoms with Crippen LogP contribution >= 0.6 is 23.6 Å². The molecule has 1 aromatic heterocycles. The summed E-state index contributed by atoms with van der Waals surface area (Å²) in [6.07, 6.45) is 4.20. The van der Waals surface area contributed by atoms with E-state index in [0.29, 0.717) is 15.1 Å². The van der Waals surface area contributed by atoms with Gasteiger partial charge in [-0.3, -0.25) is 0 Å². The predicted molar refractivity (Wildman–Crippen MR) is 88.1 cm³/mol. The minimum absolute atomic E-state index is 0.0322. The molecule has 0 radical (unpaired) electrons. The van der Waals surface area contributed by atoms with Crippen LogP contribution in [-0.4, -0.2) is 43.5 Å². The van der Waals surface area contributed by atoms with Crippen LogP contribution in [0.15, 0.2) is 16.3 Å².